The van der Waals surface area contributed by atoms with Crippen molar-refractivity contribution in [2.24, 2.45) is 5.73 Å². The Morgan fingerprint density at radius 3 is 2.52 bits per heavy atom. The lowest BCUT2D eigenvalue weighted by atomic mass is 10.0. The van der Waals surface area contributed by atoms with Crippen molar-refractivity contribution in [1.29, 1.82) is 5.41 Å². The predicted octanol–water partition coefficient (Wildman–Crippen LogP) is 4.41. The van der Waals surface area contributed by atoms with Crippen LogP contribution in [0.25, 0.3) is 11.3 Å². The van der Waals surface area contributed by atoms with Gasteiger partial charge in [0.2, 0.25) is 5.91 Å². The van der Waals surface area contributed by atoms with Crippen molar-refractivity contribution in [2.45, 2.75) is 20.8 Å². The molecule has 7 nitrogen and oxygen atoms in total. The molecular formula is C22H25N5O2. The van der Waals surface area contributed by atoms with E-state index in [-0.39, 0.29) is 0 Å². The summed E-state index contributed by atoms with van der Waals surface area (Å²) in [4.78, 5) is 20.0. The number of amides is 1. The number of aryl methyl sites for hydroxylation is 1. The van der Waals surface area contributed by atoms with Gasteiger partial charge in [0.05, 0.1) is 17.6 Å². The van der Waals surface area contributed by atoms with Crippen LogP contribution in [0.1, 0.15) is 35.5 Å². The highest BCUT2D eigenvalue weighted by molar-refractivity contribution is 5.94. The van der Waals surface area contributed by atoms with E-state index in [0.29, 0.717) is 34.1 Å². The number of rotatable bonds is 6. The molecule has 0 atom stereocenters. The maximum Gasteiger partial charge on any atom is 0.248 e. The normalized spacial score (nSPS) is 9.79. The minimum atomic E-state index is -0.453. The predicted molar refractivity (Wildman–Crippen MR) is 116 cm³/mol. The third-order valence-electron chi connectivity index (χ3n) is 4.05. The van der Waals surface area contributed by atoms with E-state index < -0.39 is 5.91 Å². The molecule has 3 rings (SSSR count). The van der Waals surface area contributed by atoms with Crippen LogP contribution in [-0.2, 0) is 0 Å². The first kappa shape index (κ1) is 21.6. The molecule has 0 aliphatic heterocycles. The van der Waals surface area contributed by atoms with E-state index in [1.165, 1.54) is 6.21 Å². The molecule has 1 aromatic carbocycles. The number of nitrogens with one attached hydrogen (secondary N) is 2. The van der Waals surface area contributed by atoms with Gasteiger partial charge in [-0.2, -0.15) is 0 Å². The molecule has 0 saturated heterocycles. The molecule has 0 bridgehead atoms. The van der Waals surface area contributed by atoms with Gasteiger partial charge in [-0.15, -0.1) is 0 Å². The fourth-order valence-corrected chi connectivity index (χ4v) is 2.70. The van der Waals surface area contributed by atoms with Crippen LogP contribution in [-0.4, -0.2) is 29.1 Å². The molecule has 0 fully saturated rings. The lowest BCUT2D eigenvalue weighted by Crippen LogP contribution is -2.12. The Morgan fingerprint density at radius 1 is 1.14 bits per heavy atom. The summed E-state index contributed by atoms with van der Waals surface area (Å²) in [6.45, 7) is 5.83. The average molecular weight is 391 g/mol. The highest BCUT2D eigenvalue weighted by Gasteiger charge is 2.09. The molecule has 2 aromatic heterocycles. The number of nitrogens with two attached hydrogens (primary N) is 1. The monoisotopic (exact) mass is 391 g/mol. The van der Waals surface area contributed by atoms with E-state index in [0.717, 1.165) is 11.1 Å². The summed E-state index contributed by atoms with van der Waals surface area (Å²) in [7, 11) is 1.76. The second kappa shape index (κ2) is 9.98. The zero-order chi connectivity index (χ0) is 21.4. The number of nitrogens with zero attached hydrogens (tertiary/aromatic N) is 2. The van der Waals surface area contributed by atoms with Gasteiger partial charge in [0.1, 0.15) is 17.2 Å². The summed E-state index contributed by atoms with van der Waals surface area (Å²) in [5.41, 5.74) is 9.44. The summed E-state index contributed by atoms with van der Waals surface area (Å²) < 4.78 is 5.88. The topological polar surface area (TPSA) is 114 Å². The van der Waals surface area contributed by atoms with Crippen LogP contribution in [0.3, 0.4) is 0 Å². The second-order valence-electron chi connectivity index (χ2n) is 5.87. The summed E-state index contributed by atoms with van der Waals surface area (Å²) in [6.07, 6.45) is 4.39. The number of aromatic nitrogens is 2. The lowest BCUT2D eigenvalue weighted by molar-refractivity contribution is 0.0999. The van der Waals surface area contributed by atoms with Crippen LogP contribution in [0.2, 0.25) is 0 Å². The van der Waals surface area contributed by atoms with Gasteiger partial charge in [-0.3, -0.25) is 9.78 Å². The molecule has 7 heteroatoms. The maximum atomic E-state index is 11.4. The number of ether oxygens (including phenoxy) is 1. The van der Waals surface area contributed by atoms with Crippen LogP contribution in [0.15, 0.2) is 48.8 Å². The number of pyridine rings is 2. The van der Waals surface area contributed by atoms with Gasteiger partial charge in [0.25, 0.3) is 0 Å². The fraction of sp³-hybridized carbons (Fsp3) is 0.182. The largest absolute Gasteiger partial charge is 0.456 e. The van der Waals surface area contributed by atoms with Gasteiger partial charge in [0.15, 0.2) is 0 Å². The molecule has 0 spiro atoms. The zero-order valence-electron chi connectivity index (χ0n) is 17.0. The van der Waals surface area contributed by atoms with Crippen molar-refractivity contribution >= 4 is 17.8 Å². The summed E-state index contributed by atoms with van der Waals surface area (Å²) in [6, 6.07) is 10.7. The Bertz CT molecular complexity index is 1020. The van der Waals surface area contributed by atoms with Crippen LogP contribution >= 0.6 is 0 Å². The van der Waals surface area contributed by atoms with Crippen molar-refractivity contribution in [2.75, 3.05) is 12.4 Å². The van der Waals surface area contributed by atoms with E-state index in [1.54, 1.807) is 43.7 Å². The number of benzene rings is 1. The first-order valence-corrected chi connectivity index (χ1v) is 9.25. The smallest absolute Gasteiger partial charge is 0.248 e. The van der Waals surface area contributed by atoms with Crippen molar-refractivity contribution in [3.63, 3.8) is 0 Å². The number of anilines is 1. The standard InChI is InChI=1S/C20H19N5O2.C2H6/c1-12-7-13(3-4-16(12)20(22)26)17-8-14(5-6-24-17)27-15-9-18(23-2)19(10-21)25-11-15;1-2/h3-11,21,23H,1-2H3,(H2,22,26);1-2H3. The Labute approximate surface area is 170 Å². The van der Waals surface area contributed by atoms with Gasteiger partial charge in [-0.1, -0.05) is 19.9 Å². The van der Waals surface area contributed by atoms with Crippen LogP contribution in [0, 0.1) is 12.3 Å². The molecule has 0 radical (unpaired) electrons. The quantitative estimate of drug-likeness (QED) is 0.539. The molecule has 0 unspecified atom stereocenters. The SMILES string of the molecule is CC.CNc1cc(Oc2ccnc(-c3ccc(C(N)=O)c(C)c3)c2)cnc1C=N. The number of carbonyl (C=O) groups excluding carboxylic acids is 1. The average Bonchev–Trinajstić information content (AvgIpc) is 2.75. The molecule has 150 valence electrons. The van der Waals surface area contributed by atoms with Gasteiger partial charge >= 0.3 is 0 Å². The number of hydrogen-bond acceptors (Lipinski definition) is 6. The summed E-state index contributed by atoms with van der Waals surface area (Å²) in [5, 5.41) is 10.3. The Balaban J connectivity index is 0.00000145. The number of primary amides is 1. The van der Waals surface area contributed by atoms with Gasteiger partial charge < -0.3 is 21.2 Å². The Morgan fingerprint density at radius 2 is 1.90 bits per heavy atom. The van der Waals surface area contributed by atoms with Crippen molar-refractivity contribution in [3.05, 3.63) is 65.6 Å². The van der Waals surface area contributed by atoms with E-state index in [4.69, 9.17) is 15.9 Å². The summed E-state index contributed by atoms with van der Waals surface area (Å²) >= 11 is 0. The molecule has 4 N–H and O–H groups in total. The second-order valence-corrected chi connectivity index (χ2v) is 5.87. The molecule has 3 aromatic rings. The first-order chi connectivity index (χ1) is 14.0. The maximum absolute atomic E-state index is 11.4. The molecule has 0 saturated carbocycles. The number of carbonyl (C=O) groups is 1. The van der Waals surface area contributed by atoms with E-state index in [9.17, 15) is 4.79 Å². The molecule has 0 aliphatic carbocycles. The molecule has 2 heterocycles. The molecule has 0 aliphatic rings. The molecular weight excluding hydrogens is 366 g/mol. The summed E-state index contributed by atoms with van der Waals surface area (Å²) in [5.74, 6) is 0.691. The molecule has 29 heavy (non-hydrogen) atoms. The third kappa shape index (κ3) is 5.16. The van der Waals surface area contributed by atoms with E-state index >= 15 is 0 Å². The third-order valence-corrected chi connectivity index (χ3v) is 4.05. The van der Waals surface area contributed by atoms with Gasteiger partial charge in [0, 0.05) is 42.7 Å². The number of hydrogen-bond donors (Lipinski definition) is 3. The highest BCUT2D eigenvalue weighted by atomic mass is 16.5. The van der Waals surface area contributed by atoms with Crippen LogP contribution in [0.4, 0.5) is 5.69 Å². The molecule has 1 amide bonds. The van der Waals surface area contributed by atoms with Crippen LogP contribution < -0.4 is 15.8 Å². The Hall–Kier alpha value is -3.74. The first-order valence-electron chi connectivity index (χ1n) is 9.25. The minimum absolute atomic E-state index is 0.453. The van der Waals surface area contributed by atoms with E-state index in [1.807, 2.05) is 32.9 Å². The fourth-order valence-electron chi connectivity index (χ4n) is 2.70. The van der Waals surface area contributed by atoms with Gasteiger partial charge in [-0.05, 0) is 30.7 Å². The Kier molecular flexibility index (Phi) is 7.42. The van der Waals surface area contributed by atoms with E-state index in [2.05, 4.69) is 15.3 Å². The van der Waals surface area contributed by atoms with Crippen molar-refractivity contribution in [3.8, 4) is 22.8 Å². The van der Waals surface area contributed by atoms with Gasteiger partial charge in [-0.25, -0.2) is 4.98 Å². The lowest BCUT2D eigenvalue weighted by Gasteiger charge is -2.10. The van der Waals surface area contributed by atoms with Crippen molar-refractivity contribution in [1.82, 2.24) is 9.97 Å². The zero-order valence-corrected chi connectivity index (χ0v) is 17.0. The van der Waals surface area contributed by atoms with Crippen molar-refractivity contribution < 1.29 is 9.53 Å². The minimum Gasteiger partial charge on any atom is -0.456 e. The van der Waals surface area contributed by atoms with Crippen LogP contribution in [0.5, 0.6) is 11.5 Å². The highest BCUT2D eigenvalue weighted by Crippen LogP contribution is 2.28.